The number of nitrogens with one attached hydrogen (secondary N) is 2. The number of furan rings is 1. The number of rotatable bonds is 7. The Morgan fingerprint density at radius 1 is 1.41 bits per heavy atom. The molecule has 120 valence electrons. The highest BCUT2D eigenvalue weighted by Gasteiger charge is 2.21. The minimum atomic E-state index is -0.338. The van der Waals surface area contributed by atoms with E-state index in [1.807, 2.05) is 0 Å². The lowest BCUT2D eigenvalue weighted by Crippen LogP contribution is -2.33. The minimum Gasteiger partial charge on any atom is -0.442 e. The molecule has 1 amide bonds. The highest BCUT2D eigenvalue weighted by atomic mass is 16.5. The van der Waals surface area contributed by atoms with E-state index < -0.39 is 0 Å². The van der Waals surface area contributed by atoms with E-state index in [9.17, 15) is 9.59 Å². The van der Waals surface area contributed by atoms with Crippen molar-refractivity contribution < 1.29 is 13.9 Å². The number of ether oxygens (including phenoxy) is 1. The first-order valence-electron chi connectivity index (χ1n) is 6.98. The number of methoxy groups -OCH3 is 1. The number of aryl methyl sites for hydroxylation is 2. The van der Waals surface area contributed by atoms with Gasteiger partial charge in [-0.25, -0.2) is 4.98 Å². The molecule has 2 N–H and O–H groups in total. The van der Waals surface area contributed by atoms with Gasteiger partial charge >= 0.3 is 0 Å². The molecule has 0 spiro atoms. The lowest BCUT2D eigenvalue weighted by atomic mass is 10.2. The lowest BCUT2D eigenvalue weighted by molar-refractivity contribution is 0.0953. The zero-order chi connectivity index (χ0) is 16.1. The summed E-state index contributed by atoms with van der Waals surface area (Å²) in [5.74, 6) is 0.0468. The van der Waals surface area contributed by atoms with Gasteiger partial charge in [-0.05, 0) is 6.92 Å². The maximum absolute atomic E-state index is 12.3. The van der Waals surface area contributed by atoms with Crippen LogP contribution in [0.4, 0.5) is 0 Å². The molecule has 0 fully saturated rings. The van der Waals surface area contributed by atoms with Crippen molar-refractivity contribution >= 4 is 17.0 Å². The summed E-state index contributed by atoms with van der Waals surface area (Å²) in [6, 6.07) is 0. The number of hydrogen-bond donors (Lipinski definition) is 2. The zero-order valence-corrected chi connectivity index (χ0v) is 12.9. The fraction of sp³-hybridized carbons (Fsp3) is 0.500. The summed E-state index contributed by atoms with van der Waals surface area (Å²) in [7, 11) is 3.21. The van der Waals surface area contributed by atoms with Crippen LogP contribution in [-0.4, -0.2) is 48.8 Å². The van der Waals surface area contributed by atoms with E-state index in [2.05, 4.69) is 15.6 Å². The fourth-order valence-corrected chi connectivity index (χ4v) is 2.11. The molecular formula is C14H20N4O4. The van der Waals surface area contributed by atoms with Crippen molar-refractivity contribution in [1.29, 1.82) is 0 Å². The summed E-state index contributed by atoms with van der Waals surface area (Å²) < 4.78 is 11.6. The van der Waals surface area contributed by atoms with E-state index in [0.717, 1.165) is 0 Å². The van der Waals surface area contributed by atoms with E-state index in [1.54, 1.807) is 21.1 Å². The van der Waals surface area contributed by atoms with Crippen LogP contribution >= 0.6 is 0 Å². The molecule has 0 atom stereocenters. The molecule has 0 radical (unpaired) electrons. The lowest BCUT2D eigenvalue weighted by Gasteiger charge is -2.06. The Hall–Kier alpha value is -2.19. The number of nitrogens with zero attached hydrogens (tertiary/aromatic N) is 2. The number of aromatic nitrogens is 2. The molecule has 0 saturated carbocycles. The van der Waals surface area contributed by atoms with Gasteiger partial charge in [-0.1, -0.05) is 0 Å². The Kier molecular flexibility index (Phi) is 5.29. The highest BCUT2D eigenvalue weighted by Crippen LogP contribution is 2.20. The standard InChI is InChI=1S/C14H20N4O4/c1-9-10(12(19)16-5-4-15-6-7-21-3)11-13(22-9)17-8-18(2)14(11)20/h8,15H,4-7H2,1-3H3,(H,16,19). The molecule has 0 aliphatic rings. The Morgan fingerprint density at radius 2 is 2.18 bits per heavy atom. The number of hydrogen-bond acceptors (Lipinski definition) is 6. The van der Waals surface area contributed by atoms with Gasteiger partial charge in [-0.15, -0.1) is 0 Å². The summed E-state index contributed by atoms with van der Waals surface area (Å²) in [5, 5.41) is 6.10. The van der Waals surface area contributed by atoms with Crippen LogP contribution in [0.5, 0.6) is 0 Å². The zero-order valence-electron chi connectivity index (χ0n) is 12.9. The first kappa shape index (κ1) is 16.2. The van der Waals surface area contributed by atoms with Crippen LogP contribution in [0.1, 0.15) is 16.1 Å². The van der Waals surface area contributed by atoms with Gasteiger partial charge < -0.3 is 24.4 Å². The van der Waals surface area contributed by atoms with Crippen LogP contribution in [0, 0.1) is 6.92 Å². The molecule has 0 aliphatic carbocycles. The third-order valence-corrected chi connectivity index (χ3v) is 3.25. The number of fused-ring (bicyclic) bond motifs is 1. The van der Waals surface area contributed by atoms with Crippen molar-refractivity contribution in [2.45, 2.75) is 6.92 Å². The monoisotopic (exact) mass is 308 g/mol. The molecule has 2 aromatic heterocycles. The van der Waals surface area contributed by atoms with Gasteiger partial charge in [0.1, 0.15) is 17.5 Å². The Balaban J connectivity index is 2.10. The van der Waals surface area contributed by atoms with E-state index in [4.69, 9.17) is 9.15 Å². The minimum absolute atomic E-state index is 0.184. The average Bonchev–Trinajstić information content (AvgIpc) is 2.83. The molecule has 0 aliphatic heterocycles. The van der Waals surface area contributed by atoms with E-state index >= 15 is 0 Å². The van der Waals surface area contributed by atoms with E-state index in [1.165, 1.54) is 10.9 Å². The second kappa shape index (κ2) is 7.19. The van der Waals surface area contributed by atoms with Crippen LogP contribution in [0.3, 0.4) is 0 Å². The molecule has 2 aromatic rings. The molecular weight excluding hydrogens is 288 g/mol. The Morgan fingerprint density at radius 3 is 2.91 bits per heavy atom. The summed E-state index contributed by atoms with van der Waals surface area (Å²) in [6.07, 6.45) is 1.37. The first-order valence-corrected chi connectivity index (χ1v) is 6.98. The van der Waals surface area contributed by atoms with Crippen LogP contribution < -0.4 is 16.2 Å². The molecule has 0 saturated heterocycles. The van der Waals surface area contributed by atoms with Crippen molar-refractivity contribution in [1.82, 2.24) is 20.2 Å². The second-order valence-corrected chi connectivity index (χ2v) is 4.87. The van der Waals surface area contributed by atoms with Gasteiger partial charge in [0.2, 0.25) is 5.71 Å². The second-order valence-electron chi connectivity index (χ2n) is 4.87. The predicted molar refractivity (Wildman–Crippen MR) is 81.1 cm³/mol. The smallest absolute Gasteiger partial charge is 0.265 e. The van der Waals surface area contributed by atoms with Crippen LogP contribution in [0.2, 0.25) is 0 Å². The predicted octanol–water partition coefficient (Wildman–Crippen LogP) is -0.199. The van der Waals surface area contributed by atoms with Crippen LogP contribution in [-0.2, 0) is 11.8 Å². The van der Waals surface area contributed by atoms with Gasteiger partial charge in [0.05, 0.1) is 12.2 Å². The van der Waals surface area contributed by atoms with Gasteiger partial charge in [0.15, 0.2) is 0 Å². The first-order chi connectivity index (χ1) is 10.6. The van der Waals surface area contributed by atoms with Crippen molar-refractivity contribution in [2.75, 3.05) is 33.4 Å². The topological polar surface area (TPSA) is 98.4 Å². The average molecular weight is 308 g/mol. The number of carbonyl (C=O) groups is 1. The molecule has 8 heteroatoms. The van der Waals surface area contributed by atoms with Gasteiger partial charge in [0, 0.05) is 33.8 Å². The highest BCUT2D eigenvalue weighted by molar-refractivity contribution is 6.06. The summed E-state index contributed by atoms with van der Waals surface area (Å²) >= 11 is 0. The van der Waals surface area contributed by atoms with Crippen LogP contribution in [0.25, 0.3) is 11.1 Å². The third kappa shape index (κ3) is 3.34. The Bertz CT molecular complexity index is 719. The largest absolute Gasteiger partial charge is 0.442 e. The number of amides is 1. The van der Waals surface area contributed by atoms with Gasteiger partial charge in [0.25, 0.3) is 11.5 Å². The molecule has 2 rings (SSSR count). The molecule has 0 aromatic carbocycles. The molecule has 0 unspecified atom stereocenters. The van der Waals surface area contributed by atoms with Crippen molar-refractivity contribution in [3.05, 3.63) is 28.0 Å². The molecule has 22 heavy (non-hydrogen) atoms. The third-order valence-electron chi connectivity index (χ3n) is 3.25. The molecule has 8 nitrogen and oxygen atoms in total. The van der Waals surface area contributed by atoms with E-state index in [0.29, 0.717) is 32.0 Å². The van der Waals surface area contributed by atoms with E-state index in [-0.39, 0.29) is 28.1 Å². The van der Waals surface area contributed by atoms with Gasteiger partial charge in [-0.3, -0.25) is 9.59 Å². The van der Waals surface area contributed by atoms with Gasteiger partial charge in [-0.2, -0.15) is 0 Å². The molecule has 2 heterocycles. The van der Waals surface area contributed by atoms with Crippen LogP contribution in [0.15, 0.2) is 15.5 Å². The van der Waals surface area contributed by atoms with Crippen molar-refractivity contribution in [2.24, 2.45) is 7.05 Å². The fourth-order valence-electron chi connectivity index (χ4n) is 2.11. The maximum Gasteiger partial charge on any atom is 0.265 e. The quantitative estimate of drug-likeness (QED) is 0.687. The normalized spacial score (nSPS) is 11.0. The number of carbonyl (C=O) groups excluding carboxylic acids is 1. The maximum atomic E-state index is 12.3. The van der Waals surface area contributed by atoms with Crippen molar-refractivity contribution in [3.63, 3.8) is 0 Å². The Labute approximate surface area is 127 Å². The summed E-state index contributed by atoms with van der Waals surface area (Å²) in [4.78, 5) is 28.5. The summed E-state index contributed by atoms with van der Waals surface area (Å²) in [5.41, 5.74) is 0.134. The summed E-state index contributed by atoms with van der Waals surface area (Å²) in [6.45, 7) is 4.02. The van der Waals surface area contributed by atoms with Crippen molar-refractivity contribution in [3.8, 4) is 0 Å². The SMILES string of the molecule is COCCNCCNC(=O)c1c(C)oc2ncn(C)c(=O)c12. The molecule has 0 bridgehead atoms.